The molecule has 0 aromatic heterocycles. The van der Waals surface area contributed by atoms with Gasteiger partial charge in [0.2, 0.25) is 5.91 Å². The summed E-state index contributed by atoms with van der Waals surface area (Å²) in [7, 11) is 0. The fourth-order valence-corrected chi connectivity index (χ4v) is 3.36. The lowest BCUT2D eigenvalue weighted by Crippen LogP contribution is -2.42. The van der Waals surface area contributed by atoms with E-state index in [0.717, 1.165) is 36.3 Å². The van der Waals surface area contributed by atoms with Crippen LogP contribution in [-0.2, 0) is 4.79 Å². The van der Waals surface area contributed by atoms with Gasteiger partial charge in [-0.2, -0.15) is 0 Å². The van der Waals surface area contributed by atoms with Crippen LogP contribution in [0, 0.1) is 13.8 Å². The molecule has 0 bridgehead atoms. The summed E-state index contributed by atoms with van der Waals surface area (Å²) < 4.78 is 0. The van der Waals surface area contributed by atoms with Crippen molar-refractivity contribution in [2.24, 2.45) is 0 Å². The molecule has 3 nitrogen and oxygen atoms in total. The van der Waals surface area contributed by atoms with Crippen molar-refractivity contribution in [1.29, 1.82) is 0 Å². The summed E-state index contributed by atoms with van der Waals surface area (Å²) in [4.78, 5) is 15.0. The second kappa shape index (κ2) is 8.33. The Morgan fingerprint density at radius 1 is 1.27 bits per heavy atom. The largest absolute Gasteiger partial charge is 0.326 e. The van der Waals surface area contributed by atoms with Crippen LogP contribution in [0.1, 0.15) is 56.6 Å². The molecule has 1 aliphatic rings. The van der Waals surface area contributed by atoms with E-state index in [-0.39, 0.29) is 5.91 Å². The minimum Gasteiger partial charge on any atom is -0.326 e. The highest BCUT2D eigenvalue weighted by molar-refractivity contribution is 5.92. The Morgan fingerprint density at radius 2 is 2.00 bits per heavy atom. The van der Waals surface area contributed by atoms with Crippen molar-refractivity contribution in [1.82, 2.24) is 4.90 Å². The van der Waals surface area contributed by atoms with Gasteiger partial charge in [-0.1, -0.05) is 38.0 Å². The molecule has 1 N–H and O–H groups in total. The van der Waals surface area contributed by atoms with Gasteiger partial charge in [-0.25, -0.2) is 0 Å². The number of anilines is 1. The summed E-state index contributed by atoms with van der Waals surface area (Å²) in [6.45, 7) is 8.62. The Morgan fingerprint density at radius 3 is 2.68 bits per heavy atom. The Bertz CT molecular complexity index is 478. The lowest BCUT2D eigenvalue weighted by molar-refractivity contribution is -0.117. The average Bonchev–Trinajstić information content (AvgIpc) is 2.50. The Balaban J connectivity index is 1.95. The smallest absolute Gasteiger partial charge is 0.225 e. The molecule has 1 aliphatic heterocycles. The third-order valence-corrected chi connectivity index (χ3v) is 4.71. The number of hydrogen-bond donors (Lipinski definition) is 1. The number of nitrogens with one attached hydrogen (secondary N) is 1. The van der Waals surface area contributed by atoms with Crippen molar-refractivity contribution in [2.75, 3.05) is 18.4 Å². The molecule has 122 valence electrons. The number of para-hydroxylation sites is 1. The highest BCUT2D eigenvalue weighted by Gasteiger charge is 2.24. The van der Waals surface area contributed by atoms with Gasteiger partial charge in [-0.05, 0) is 57.3 Å². The zero-order valence-electron chi connectivity index (χ0n) is 14.3. The van der Waals surface area contributed by atoms with Gasteiger partial charge < -0.3 is 5.32 Å². The van der Waals surface area contributed by atoms with E-state index in [0.29, 0.717) is 12.5 Å². The van der Waals surface area contributed by atoms with Crippen LogP contribution in [0.25, 0.3) is 0 Å². The number of amides is 1. The molecule has 1 heterocycles. The summed E-state index contributed by atoms with van der Waals surface area (Å²) in [6, 6.07) is 6.56. The number of aryl methyl sites for hydroxylation is 2. The lowest BCUT2D eigenvalue weighted by Gasteiger charge is -2.35. The fourth-order valence-electron chi connectivity index (χ4n) is 3.36. The van der Waals surface area contributed by atoms with Crippen molar-refractivity contribution in [3.63, 3.8) is 0 Å². The van der Waals surface area contributed by atoms with E-state index in [2.05, 4.69) is 43.1 Å². The van der Waals surface area contributed by atoms with E-state index in [1.54, 1.807) is 0 Å². The maximum absolute atomic E-state index is 12.5. The predicted molar refractivity (Wildman–Crippen MR) is 93.3 cm³/mol. The van der Waals surface area contributed by atoms with Gasteiger partial charge in [0.15, 0.2) is 0 Å². The van der Waals surface area contributed by atoms with E-state index >= 15 is 0 Å². The maximum Gasteiger partial charge on any atom is 0.225 e. The minimum atomic E-state index is 0.158. The third kappa shape index (κ3) is 4.57. The average molecular weight is 302 g/mol. The van der Waals surface area contributed by atoms with Crippen molar-refractivity contribution in [2.45, 2.75) is 65.3 Å². The van der Waals surface area contributed by atoms with Crippen LogP contribution in [0.4, 0.5) is 5.69 Å². The number of hydrogen-bond acceptors (Lipinski definition) is 2. The van der Waals surface area contributed by atoms with E-state index < -0.39 is 0 Å². The summed E-state index contributed by atoms with van der Waals surface area (Å²) in [5, 5.41) is 3.14. The zero-order chi connectivity index (χ0) is 15.9. The first kappa shape index (κ1) is 17.0. The van der Waals surface area contributed by atoms with Gasteiger partial charge in [0.25, 0.3) is 0 Å². The minimum absolute atomic E-state index is 0.158. The third-order valence-electron chi connectivity index (χ3n) is 4.71. The molecule has 2 rings (SSSR count). The van der Waals surface area contributed by atoms with Crippen LogP contribution in [-0.4, -0.2) is 29.9 Å². The monoisotopic (exact) mass is 302 g/mol. The molecule has 0 radical (unpaired) electrons. The summed E-state index contributed by atoms with van der Waals surface area (Å²) in [6.07, 6.45) is 6.76. The quantitative estimate of drug-likeness (QED) is 0.850. The number of rotatable bonds is 6. The van der Waals surface area contributed by atoms with Gasteiger partial charge in [0, 0.05) is 18.2 Å². The standard InChI is InChI=1S/C19H30N2O/c1-4-5-12-21-13-7-6-11-17(21)14-18(22)20-19-15(2)9-8-10-16(19)3/h8-10,17H,4-7,11-14H2,1-3H3,(H,20,22)/t17-/m0/s1. The summed E-state index contributed by atoms with van der Waals surface area (Å²) in [5.41, 5.74) is 3.27. The van der Waals surface area contributed by atoms with Crippen molar-refractivity contribution in [3.8, 4) is 0 Å². The number of carbonyl (C=O) groups is 1. The van der Waals surface area contributed by atoms with E-state index in [1.807, 2.05) is 6.07 Å². The number of benzene rings is 1. The summed E-state index contributed by atoms with van der Waals surface area (Å²) >= 11 is 0. The molecule has 1 atom stereocenters. The highest BCUT2D eigenvalue weighted by atomic mass is 16.1. The van der Waals surface area contributed by atoms with Crippen LogP contribution < -0.4 is 5.32 Å². The van der Waals surface area contributed by atoms with E-state index in [9.17, 15) is 4.79 Å². The first-order valence-electron chi connectivity index (χ1n) is 8.72. The van der Waals surface area contributed by atoms with Gasteiger partial charge in [-0.15, -0.1) is 0 Å². The van der Waals surface area contributed by atoms with E-state index in [4.69, 9.17) is 0 Å². The molecule has 3 heteroatoms. The Kier molecular flexibility index (Phi) is 6.44. The van der Waals surface area contributed by atoms with Gasteiger partial charge in [-0.3, -0.25) is 9.69 Å². The molecular formula is C19H30N2O. The van der Waals surface area contributed by atoms with Gasteiger partial charge in [0.1, 0.15) is 0 Å². The molecule has 0 aliphatic carbocycles. The van der Waals surface area contributed by atoms with E-state index in [1.165, 1.54) is 25.7 Å². The molecule has 1 fully saturated rings. The van der Waals surface area contributed by atoms with Crippen LogP contribution >= 0.6 is 0 Å². The number of nitrogens with zero attached hydrogens (tertiary/aromatic N) is 1. The zero-order valence-corrected chi connectivity index (χ0v) is 14.3. The normalized spacial score (nSPS) is 19.1. The van der Waals surface area contributed by atoms with Crippen LogP contribution in [0.15, 0.2) is 18.2 Å². The topological polar surface area (TPSA) is 32.3 Å². The van der Waals surface area contributed by atoms with Crippen LogP contribution in [0.3, 0.4) is 0 Å². The molecule has 1 saturated heterocycles. The molecule has 1 aromatic rings. The Labute approximate surface area is 135 Å². The molecule has 22 heavy (non-hydrogen) atoms. The molecule has 1 aromatic carbocycles. The summed E-state index contributed by atoms with van der Waals surface area (Å²) in [5.74, 6) is 0.158. The van der Waals surface area contributed by atoms with Gasteiger partial charge in [0.05, 0.1) is 0 Å². The molecule has 0 spiro atoms. The van der Waals surface area contributed by atoms with Crippen LogP contribution in [0.2, 0.25) is 0 Å². The molecule has 0 unspecified atom stereocenters. The highest BCUT2D eigenvalue weighted by Crippen LogP contribution is 2.23. The number of piperidine rings is 1. The second-order valence-corrected chi connectivity index (χ2v) is 6.56. The van der Waals surface area contributed by atoms with Crippen LogP contribution in [0.5, 0.6) is 0 Å². The van der Waals surface area contributed by atoms with Crippen molar-refractivity contribution < 1.29 is 4.79 Å². The number of carbonyl (C=O) groups excluding carboxylic acids is 1. The maximum atomic E-state index is 12.5. The number of likely N-dealkylation sites (tertiary alicyclic amines) is 1. The van der Waals surface area contributed by atoms with Crippen molar-refractivity contribution >= 4 is 11.6 Å². The van der Waals surface area contributed by atoms with Gasteiger partial charge >= 0.3 is 0 Å². The SMILES string of the molecule is CCCCN1CCCC[C@H]1CC(=O)Nc1c(C)cccc1C. The lowest BCUT2D eigenvalue weighted by atomic mass is 9.98. The predicted octanol–water partition coefficient (Wildman–Crippen LogP) is 4.29. The first-order chi connectivity index (χ1) is 10.6. The Hall–Kier alpha value is -1.35. The number of unbranched alkanes of at least 4 members (excludes halogenated alkanes) is 1. The second-order valence-electron chi connectivity index (χ2n) is 6.56. The first-order valence-corrected chi connectivity index (χ1v) is 8.72. The van der Waals surface area contributed by atoms with Crippen molar-refractivity contribution in [3.05, 3.63) is 29.3 Å². The molecule has 0 saturated carbocycles. The molecule has 1 amide bonds. The molecular weight excluding hydrogens is 272 g/mol. The fraction of sp³-hybridized carbons (Fsp3) is 0.632.